The van der Waals surface area contributed by atoms with Crippen molar-refractivity contribution in [2.45, 2.75) is 25.4 Å². The van der Waals surface area contributed by atoms with Gasteiger partial charge in [-0.3, -0.25) is 4.79 Å². The van der Waals surface area contributed by atoms with Crippen LogP contribution in [0.1, 0.15) is 24.8 Å². The Labute approximate surface area is 115 Å². The highest BCUT2D eigenvalue weighted by molar-refractivity contribution is 9.10. The van der Waals surface area contributed by atoms with Gasteiger partial charge in [0.15, 0.2) is 5.12 Å². The predicted octanol–water partition coefficient (Wildman–Crippen LogP) is 4.16. The van der Waals surface area contributed by atoms with Gasteiger partial charge in [-0.25, -0.2) is 4.98 Å². The van der Waals surface area contributed by atoms with Crippen LogP contribution in [0.15, 0.2) is 22.9 Å². The first-order chi connectivity index (χ1) is 8.30. The lowest BCUT2D eigenvalue weighted by atomic mass is 9.98. The Hall–Kier alpha value is -0.560. The molecule has 1 aromatic rings. The van der Waals surface area contributed by atoms with Crippen LogP contribution in [0.4, 0.5) is 13.2 Å². The third kappa shape index (κ3) is 4.97. The van der Waals surface area contributed by atoms with E-state index in [-0.39, 0.29) is 22.9 Å². The van der Waals surface area contributed by atoms with Crippen LogP contribution >= 0.6 is 27.7 Å². The SMILES string of the molecule is CC(=O)SCCC(c1ccc(Br)nc1)C(F)(F)F. The first-order valence-electron chi connectivity index (χ1n) is 5.12. The van der Waals surface area contributed by atoms with Crippen LogP contribution < -0.4 is 0 Å². The van der Waals surface area contributed by atoms with Crippen molar-refractivity contribution < 1.29 is 18.0 Å². The van der Waals surface area contributed by atoms with Crippen molar-refractivity contribution in [1.82, 2.24) is 4.98 Å². The molecule has 1 atom stereocenters. The normalized spacial score (nSPS) is 13.4. The van der Waals surface area contributed by atoms with E-state index in [1.165, 1.54) is 25.3 Å². The molecule has 0 radical (unpaired) electrons. The molecule has 0 aliphatic rings. The Bertz CT molecular complexity index is 408. The van der Waals surface area contributed by atoms with Gasteiger partial charge in [0.1, 0.15) is 4.60 Å². The fraction of sp³-hybridized carbons (Fsp3) is 0.455. The van der Waals surface area contributed by atoms with Crippen molar-refractivity contribution in [2.24, 2.45) is 0 Å². The van der Waals surface area contributed by atoms with E-state index in [2.05, 4.69) is 20.9 Å². The quantitative estimate of drug-likeness (QED) is 0.770. The van der Waals surface area contributed by atoms with Gasteiger partial charge in [0, 0.05) is 18.9 Å². The summed E-state index contributed by atoms with van der Waals surface area (Å²) in [5.41, 5.74) is 0.120. The average molecular weight is 342 g/mol. The topological polar surface area (TPSA) is 30.0 Å². The molecule has 0 saturated heterocycles. The molecule has 0 aliphatic carbocycles. The fourth-order valence-corrected chi connectivity index (χ4v) is 2.31. The zero-order valence-corrected chi connectivity index (χ0v) is 11.9. The number of hydrogen-bond donors (Lipinski definition) is 0. The lowest BCUT2D eigenvalue weighted by Crippen LogP contribution is -2.21. The number of hydrogen-bond acceptors (Lipinski definition) is 3. The van der Waals surface area contributed by atoms with Gasteiger partial charge < -0.3 is 0 Å². The van der Waals surface area contributed by atoms with E-state index >= 15 is 0 Å². The third-order valence-electron chi connectivity index (χ3n) is 2.26. The molecule has 1 heterocycles. The molecular formula is C11H11BrF3NOS. The number of thioether (sulfide) groups is 1. The molecule has 7 heteroatoms. The van der Waals surface area contributed by atoms with Crippen LogP contribution in [0, 0.1) is 0 Å². The summed E-state index contributed by atoms with van der Waals surface area (Å²) >= 11 is 3.98. The van der Waals surface area contributed by atoms with Gasteiger partial charge >= 0.3 is 6.18 Å². The lowest BCUT2D eigenvalue weighted by Gasteiger charge is -2.20. The molecule has 0 fully saturated rings. The minimum Gasteiger partial charge on any atom is -0.288 e. The molecule has 2 nitrogen and oxygen atoms in total. The van der Waals surface area contributed by atoms with Crippen LogP contribution in [0.25, 0.3) is 0 Å². The largest absolute Gasteiger partial charge is 0.395 e. The summed E-state index contributed by atoms with van der Waals surface area (Å²) in [6.45, 7) is 1.34. The van der Waals surface area contributed by atoms with E-state index in [0.717, 1.165) is 11.8 Å². The van der Waals surface area contributed by atoms with Gasteiger partial charge in [-0.15, -0.1) is 0 Å². The number of aromatic nitrogens is 1. The summed E-state index contributed by atoms with van der Waals surface area (Å²) in [4.78, 5) is 14.5. The number of pyridine rings is 1. The molecule has 0 amide bonds. The van der Waals surface area contributed by atoms with Crippen LogP contribution in [-0.4, -0.2) is 22.0 Å². The van der Waals surface area contributed by atoms with Crippen molar-refractivity contribution >= 4 is 32.8 Å². The van der Waals surface area contributed by atoms with Crippen molar-refractivity contribution in [3.63, 3.8) is 0 Å². The maximum Gasteiger partial charge on any atom is 0.395 e. The molecule has 0 spiro atoms. The number of carbonyl (C=O) groups excluding carboxylic acids is 1. The second-order valence-electron chi connectivity index (χ2n) is 3.64. The van der Waals surface area contributed by atoms with Crippen molar-refractivity contribution in [1.29, 1.82) is 0 Å². The first kappa shape index (κ1) is 15.5. The smallest absolute Gasteiger partial charge is 0.288 e. The minimum absolute atomic E-state index is 0.120. The van der Waals surface area contributed by atoms with E-state index in [0.29, 0.717) is 4.60 Å². The van der Waals surface area contributed by atoms with Crippen LogP contribution in [0.3, 0.4) is 0 Å². The van der Waals surface area contributed by atoms with Gasteiger partial charge in [-0.1, -0.05) is 17.8 Å². The summed E-state index contributed by atoms with van der Waals surface area (Å²) in [6, 6.07) is 2.87. The Kier molecular flexibility index (Phi) is 5.65. The number of carbonyl (C=O) groups is 1. The number of alkyl halides is 3. The highest BCUT2D eigenvalue weighted by Gasteiger charge is 2.40. The summed E-state index contributed by atoms with van der Waals surface area (Å²) in [5, 5.41) is -0.176. The molecule has 1 aromatic heterocycles. The monoisotopic (exact) mass is 341 g/mol. The molecule has 1 unspecified atom stereocenters. The molecule has 18 heavy (non-hydrogen) atoms. The molecule has 0 bridgehead atoms. The van der Waals surface area contributed by atoms with Crippen molar-refractivity contribution in [3.05, 3.63) is 28.5 Å². The zero-order valence-electron chi connectivity index (χ0n) is 9.50. The van der Waals surface area contributed by atoms with Gasteiger partial charge in [0.05, 0.1) is 5.92 Å². The molecular weight excluding hydrogens is 331 g/mol. The van der Waals surface area contributed by atoms with Gasteiger partial charge in [0.25, 0.3) is 0 Å². The van der Waals surface area contributed by atoms with Gasteiger partial charge in [-0.05, 0) is 34.0 Å². The summed E-state index contributed by atoms with van der Waals surface area (Å²) in [7, 11) is 0. The van der Waals surface area contributed by atoms with E-state index in [1.807, 2.05) is 0 Å². The van der Waals surface area contributed by atoms with Crippen LogP contribution in [0.5, 0.6) is 0 Å². The second-order valence-corrected chi connectivity index (χ2v) is 5.72. The highest BCUT2D eigenvalue weighted by atomic mass is 79.9. The maximum absolute atomic E-state index is 12.9. The predicted molar refractivity (Wildman–Crippen MR) is 68.5 cm³/mol. The van der Waals surface area contributed by atoms with Crippen molar-refractivity contribution in [2.75, 3.05) is 5.75 Å². The molecule has 0 saturated carbocycles. The minimum atomic E-state index is -4.33. The van der Waals surface area contributed by atoms with Gasteiger partial charge in [0.2, 0.25) is 0 Å². The number of rotatable bonds is 4. The van der Waals surface area contributed by atoms with Crippen LogP contribution in [-0.2, 0) is 4.79 Å². The van der Waals surface area contributed by atoms with E-state index in [1.54, 1.807) is 0 Å². The lowest BCUT2D eigenvalue weighted by molar-refractivity contribution is -0.150. The first-order valence-corrected chi connectivity index (χ1v) is 6.90. The van der Waals surface area contributed by atoms with E-state index in [9.17, 15) is 18.0 Å². The molecule has 100 valence electrons. The maximum atomic E-state index is 12.9. The Balaban J connectivity index is 2.79. The van der Waals surface area contributed by atoms with Gasteiger partial charge in [-0.2, -0.15) is 13.2 Å². The summed E-state index contributed by atoms with van der Waals surface area (Å²) < 4.78 is 39.2. The molecule has 0 aromatic carbocycles. The molecule has 1 rings (SSSR count). The number of halogens is 4. The summed E-state index contributed by atoms with van der Waals surface area (Å²) in [5.74, 6) is -1.43. The molecule has 0 aliphatic heterocycles. The third-order valence-corrected chi connectivity index (χ3v) is 3.58. The Morgan fingerprint density at radius 1 is 1.50 bits per heavy atom. The fourth-order valence-electron chi connectivity index (χ4n) is 1.43. The Morgan fingerprint density at radius 3 is 2.61 bits per heavy atom. The van der Waals surface area contributed by atoms with Crippen LogP contribution in [0.2, 0.25) is 0 Å². The van der Waals surface area contributed by atoms with E-state index < -0.39 is 12.1 Å². The zero-order chi connectivity index (χ0) is 13.8. The number of nitrogens with zero attached hydrogens (tertiary/aromatic N) is 1. The Morgan fingerprint density at radius 2 is 2.17 bits per heavy atom. The van der Waals surface area contributed by atoms with E-state index in [4.69, 9.17) is 0 Å². The average Bonchev–Trinajstić information content (AvgIpc) is 2.24. The highest BCUT2D eigenvalue weighted by Crippen LogP contribution is 2.38. The standard InChI is InChI=1S/C11H11BrF3NOS/c1-7(17)18-5-4-9(11(13,14)15)8-2-3-10(12)16-6-8/h2-3,6,9H,4-5H2,1H3. The molecule has 0 N–H and O–H groups in total. The second kappa shape index (κ2) is 6.56. The van der Waals surface area contributed by atoms with Crippen molar-refractivity contribution in [3.8, 4) is 0 Å². The summed E-state index contributed by atoms with van der Waals surface area (Å²) in [6.07, 6.45) is -3.25.